The van der Waals surface area contributed by atoms with Crippen molar-refractivity contribution in [3.8, 4) is 5.88 Å². The lowest BCUT2D eigenvalue weighted by atomic mass is 10.1. The van der Waals surface area contributed by atoms with E-state index < -0.39 is 12.1 Å². The number of hydrogen-bond donors (Lipinski definition) is 1. The molecule has 1 aliphatic heterocycles. The van der Waals surface area contributed by atoms with Crippen LogP contribution in [0, 0.1) is 5.82 Å². The summed E-state index contributed by atoms with van der Waals surface area (Å²) in [5.41, 5.74) is 4.40. The molecular formula is C26H27F4N3O3. The molecule has 3 aromatic rings. The monoisotopic (exact) mass is 505 g/mol. The van der Waals surface area contributed by atoms with Crippen LogP contribution in [-0.4, -0.2) is 45.4 Å². The number of alkyl halides is 3. The van der Waals surface area contributed by atoms with Crippen LogP contribution >= 0.6 is 0 Å². The molecule has 1 aliphatic rings. The fourth-order valence-electron chi connectivity index (χ4n) is 3.62. The third-order valence-electron chi connectivity index (χ3n) is 5.51. The Kier molecular flexibility index (Phi) is 9.75. The average molecular weight is 506 g/mol. The zero-order valence-corrected chi connectivity index (χ0v) is 19.5. The summed E-state index contributed by atoms with van der Waals surface area (Å²) in [4.78, 5) is 11.4. The van der Waals surface area contributed by atoms with Crippen LogP contribution in [0.3, 0.4) is 0 Å². The van der Waals surface area contributed by atoms with Crippen LogP contribution in [0.5, 0.6) is 5.88 Å². The molecule has 0 radical (unpaired) electrons. The lowest BCUT2D eigenvalue weighted by Crippen LogP contribution is -2.21. The standard InChI is InChI=1S/C24H26FN3O.C2HF3O2/c25-22-5-3-4-21(16-22)18-29-24-13-12-23(26-27-24)11-10-19-6-8-20(9-7-19)17-28-14-1-2-15-28;3-2(4,5)1(6)7/h3-9,12-13,16H,1-2,10-11,14-15,17-18H2;(H,6,7). The molecule has 0 spiro atoms. The van der Waals surface area contributed by atoms with Gasteiger partial charge in [0.2, 0.25) is 5.88 Å². The van der Waals surface area contributed by atoms with Crippen molar-refractivity contribution < 1.29 is 32.2 Å². The maximum atomic E-state index is 13.2. The van der Waals surface area contributed by atoms with E-state index in [-0.39, 0.29) is 12.4 Å². The Morgan fingerprint density at radius 2 is 1.58 bits per heavy atom. The molecule has 1 fully saturated rings. The molecule has 1 aromatic heterocycles. The summed E-state index contributed by atoms with van der Waals surface area (Å²) in [6.45, 7) is 3.78. The fourth-order valence-corrected chi connectivity index (χ4v) is 3.62. The normalized spacial score (nSPS) is 13.7. The molecule has 6 nitrogen and oxygen atoms in total. The Morgan fingerprint density at radius 1 is 0.917 bits per heavy atom. The molecule has 1 N–H and O–H groups in total. The largest absolute Gasteiger partial charge is 0.490 e. The first kappa shape index (κ1) is 27.1. The molecule has 0 aliphatic carbocycles. The predicted molar refractivity (Wildman–Crippen MR) is 125 cm³/mol. The van der Waals surface area contributed by atoms with E-state index >= 15 is 0 Å². The summed E-state index contributed by atoms with van der Waals surface area (Å²) in [5, 5.41) is 15.5. The summed E-state index contributed by atoms with van der Waals surface area (Å²) in [7, 11) is 0. The van der Waals surface area contributed by atoms with Crippen molar-refractivity contribution >= 4 is 5.97 Å². The Morgan fingerprint density at radius 3 is 2.17 bits per heavy atom. The highest BCUT2D eigenvalue weighted by molar-refractivity contribution is 5.73. The summed E-state index contributed by atoms with van der Waals surface area (Å²) >= 11 is 0. The van der Waals surface area contributed by atoms with Crippen LogP contribution in [0.4, 0.5) is 17.6 Å². The number of nitrogens with zero attached hydrogens (tertiary/aromatic N) is 3. The molecule has 36 heavy (non-hydrogen) atoms. The molecule has 0 amide bonds. The molecule has 2 aromatic carbocycles. The third-order valence-corrected chi connectivity index (χ3v) is 5.51. The number of halogens is 4. The van der Waals surface area contributed by atoms with Gasteiger partial charge in [-0.2, -0.15) is 18.3 Å². The minimum Gasteiger partial charge on any atom is -0.475 e. The number of aromatic nitrogens is 2. The Bertz CT molecular complexity index is 1100. The second-order valence-corrected chi connectivity index (χ2v) is 8.38. The molecule has 2 heterocycles. The van der Waals surface area contributed by atoms with Gasteiger partial charge in [0.1, 0.15) is 12.4 Å². The third kappa shape index (κ3) is 9.26. The topological polar surface area (TPSA) is 75.5 Å². The molecule has 4 rings (SSSR count). The van der Waals surface area contributed by atoms with Gasteiger partial charge in [0.25, 0.3) is 0 Å². The molecule has 1 saturated heterocycles. The van der Waals surface area contributed by atoms with E-state index in [1.807, 2.05) is 18.2 Å². The number of rotatable bonds is 8. The molecular weight excluding hydrogens is 478 g/mol. The van der Waals surface area contributed by atoms with Crippen LogP contribution in [0.15, 0.2) is 60.7 Å². The zero-order chi connectivity index (χ0) is 26.0. The SMILES string of the molecule is Fc1cccc(COc2ccc(CCc3ccc(CN4CCCC4)cc3)nn2)c1.O=C(O)C(F)(F)F. The van der Waals surface area contributed by atoms with Crippen molar-refractivity contribution in [1.82, 2.24) is 15.1 Å². The first-order chi connectivity index (χ1) is 17.2. The molecule has 192 valence electrons. The van der Waals surface area contributed by atoms with Gasteiger partial charge in [-0.3, -0.25) is 4.90 Å². The summed E-state index contributed by atoms with van der Waals surface area (Å²) in [5.74, 6) is -2.58. The van der Waals surface area contributed by atoms with Gasteiger partial charge in [-0.15, -0.1) is 5.10 Å². The molecule has 0 unspecified atom stereocenters. The maximum Gasteiger partial charge on any atom is 0.490 e. The Hall–Kier alpha value is -3.53. The van der Waals surface area contributed by atoms with Gasteiger partial charge in [0, 0.05) is 12.6 Å². The number of hydrogen-bond acceptors (Lipinski definition) is 5. The lowest BCUT2D eigenvalue weighted by molar-refractivity contribution is -0.192. The number of aliphatic carboxylic acids is 1. The zero-order valence-electron chi connectivity index (χ0n) is 19.5. The summed E-state index contributed by atoms with van der Waals surface area (Å²) in [6, 6.07) is 19.0. The Balaban J connectivity index is 0.000000454. The number of carboxylic acids is 1. The van der Waals surface area contributed by atoms with Gasteiger partial charge in [-0.05, 0) is 73.7 Å². The van der Waals surface area contributed by atoms with Crippen molar-refractivity contribution in [2.45, 2.75) is 45.0 Å². The van der Waals surface area contributed by atoms with Gasteiger partial charge in [-0.1, -0.05) is 36.4 Å². The second kappa shape index (κ2) is 13.0. The number of benzene rings is 2. The average Bonchev–Trinajstić information content (AvgIpc) is 3.36. The minimum absolute atomic E-state index is 0.267. The number of carbonyl (C=O) groups is 1. The fraction of sp³-hybridized carbons (Fsp3) is 0.346. The predicted octanol–water partition coefficient (Wildman–Crippen LogP) is 5.21. The van der Waals surface area contributed by atoms with Crippen molar-refractivity contribution in [1.29, 1.82) is 0 Å². The van der Waals surface area contributed by atoms with E-state index in [0.717, 1.165) is 30.6 Å². The first-order valence-corrected chi connectivity index (χ1v) is 11.5. The summed E-state index contributed by atoms with van der Waals surface area (Å²) in [6.07, 6.45) is -0.660. The highest BCUT2D eigenvalue weighted by Gasteiger charge is 2.38. The van der Waals surface area contributed by atoms with Gasteiger partial charge < -0.3 is 9.84 Å². The van der Waals surface area contributed by atoms with Crippen molar-refractivity contribution in [3.63, 3.8) is 0 Å². The van der Waals surface area contributed by atoms with E-state index in [1.54, 1.807) is 6.07 Å². The molecule has 10 heteroatoms. The number of aryl methyl sites for hydroxylation is 2. The summed E-state index contributed by atoms with van der Waals surface area (Å²) < 4.78 is 50.5. The van der Waals surface area contributed by atoms with Crippen molar-refractivity contribution in [3.05, 3.63) is 88.9 Å². The van der Waals surface area contributed by atoms with Gasteiger partial charge in [0.05, 0.1) is 5.69 Å². The van der Waals surface area contributed by atoms with Gasteiger partial charge >= 0.3 is 12.1 Å². The first-order valence-electron chi connectivity index (χ1n) is 11.5. The van der Waals surface area contributed by atoms with Crippen molar-refractivity contribution in [2.75, 3.05) is 13.1 Å². The van der Waals surface area contributed by atoms with Crippen LogP contribution in [0.2, 0.25) is 0 Å². The van der Waals surface area contributed by atoms with Crippen molar-refractivity contribution in [2.24, 2.45) is 0 Å². The maximum absolute atomic E-state index is 13.2. The Labute approximate surface area is 206 Å². The van der Waals surface area contributed by atoms with Crippen LogP contribution in [-0.2, 0) is 30.8 Å². The smallest absolute Gasteiger partial charge is 0.475 e. The molecule has 0 atom stereocenters. The van der Waals surface area contributed by atoms with E-state index in [9.17, 15) is 17.6 Å². The second-order valence-electron chi connectivity index (χ2n) is 8.38. The minimum atomic E-state index is -5.08. The van der Waals surface area contributed by atoms with E-state index in [4.69, 9.17) is 14.6 Å². The highest BCUT2D eigenvalue weighted by Crippen LogP contribution is 2.15. The van der Waals surface area contributed by atoms with Crippen LogP contribution in [0.1, 0.15) is 35.2 Å². The quantitative estimate of drug-likeness (QED) is 0.424. The van der Waals surface area contributed by atoms with Gasteiger partial charge in [0.15, 0.2) is 0 Å². The van der Waals surface area contributed by atoms with Crippen LogP contribution in [0.25, 0.3) is 0 Å². The molecule has 0 bridgehead atoms. The van der Waals surface area contributed by atoms with E-state index in [1.165, 1.54) is 49.2 Å². The van der Waals surface area contributed by atoms with Gasteiger partial charge in [-0.25, -0.2) is 9.18 Å². The number of ether oxygens (including phenoxy) is 1. The highest BCUT2D eigenvalue weighted by atomic mass is 19.4. The number of likely N-dealkylation sites (tertiary alicyclic amines) is 1. The molecule has 0 saturated carbocycles. The number of carboxylic acid groups (broad SMARTS) is 1. The lowest BCUT2D eigenvalue weighted by Gasteiger charge is -2.14. The van der Waals surface area contributed by atoms with E-state index in [2.05, 4.69) is 39.4 Å². The van der Waals surface area contributed by atoms with E-state index in [0.29, 0.717) is 5.88 Å². The van der Waals surface area contributed by atoms with Crippen LogP contribution < -0.4 is 4.74 Å².